The van der Waals surface area contributed by atoms with Crippen LogP contribution in [0.4, 0.5) is 0 Å². The second kappa shape index (κ2) is 17.0. The highest BCUT2D eigenvalue weighted by atomic mass is 16.6. The number of carboxylic acid groups (broad SMARTS) is 1. The molecule has 0 amide bonds. The van der Waals surface area contributed by atoms with E-state index in [1.807, 2.05) is 0 Å². The van der Waals surface area contributed by atoms with Crippen LogP contribution in [0, 0.1) is 0 Å². The summed E-state index contributed by atoms with van der Waals surface area (Å²) in [6, 6.07) is 0. The van der Waals surface area contributed by atoms with Crippen LogP contribution >= 0.6 is 0 Å². The molecule has 1 N–H and O–H groups in total. The van der Waals surface area contributed by atoms with Crippen LogP contribution in [-0.4, -0.2) is 70.5 Å². The van der Waals surface area contributed by atoms with Crippen LogP contribution in [0.2, 0.25) is 0 Å². The Balaban J connectivity index is 3.12. The molecule has 0 spiro atoms. The maximum Gasteiger partial charge on any atom is 0.330 e. The first-order chi connectivity index (χ1) is 11.2. The van der Waals surface area contributed by atoms with Gasteiger partial charge in [0.15, 0.2) is 0 Å². The van der Waals surface area contributed by atoms with Crippen LogP contribution in [0.5, 0.6) is 0 Å². The Morgan fingerprint density at radius 2 is 1.30 bits per heavy atom. The van der Waals surface area contributed by atoms with Crippen molar-refractivity contribution in [2.45, 2.75) is 13.3 Å². The Hall–Kier alpha value is -1.41. The lowest BCUT2D eigenvalue weighted by molar-refractivity contribution is -0.132. The van der Waals surface area contributed by atoms with Crippen LogP contribution in [0.15, 0.2) is 24.5 Å². The van der Waals surface area contributed by atoms with Crippen LogP contribution in [0.25, 0.3) is 0 Å². The molecule has 0 heterocycles. The maximum absolute atomic E-state index is 10.5. The van der Waals surface area contributed by atoms with Crippen molar-refractivity contribution < 1.29 is 33.6 Å². The molecule has 0 unspecified atom stereocenters. The van der Waals surface area contributed by atoms with Gasteiger partial charge in [-0.15, -0.1) is 0 Å². The number of hydrogen-bond donors (Lipinski definition) is 1. The standard InChI is InChI=1S/C16H28O7/c1-3-19-7-8-21-11-12-23-14-13-22-10-9-20-6-4-5-15(2)16(17)18/h3,5H,1,4,6-14H2,2H3,(H,17,18). The summed E-state index contributed by atoms with van der Waals surface area (Å²) < 4.78 is 26.1. The van der Waals surface area contributed by atoms with E-state index in [1.165, 1.54) is 6.26 Å². The highest BCUT2D eigenvalue weighted by Crippen LogP contribution is 1.95. The van der Waals surface area contributed by atoms with Crippen molar-refractivity contribution in [3.8, 4) is 0 Å². The van der Waals surface area contributed by atoms with Gasteiger partial charge in [-0.25, -0.2) is 4.79 Å². The predicted octanol–water partition coefficient (Wildman–Crippen LogP) is 1.63. The highest BCUT2D eigenvalue weighted by Gasteiger charge is 1.97. The van der Waals surface area contributed by atoms with E-state index in [9.17, 15) is 4.79 Å². The summed E-state index contributed by atoms with van der Waals surface area (Å²) in [6.45, 7) is 9.50. The van der Waals surface area contributed by atoms with E-state index < -0.39 is 5.97 Å². The molecule has 0 saturated carbocycles. The Kier molecular flexibility index (Phi) is 15.9. The minimum absolute atomic E-state index is 0.333. The number of carbonyl (C=O) groups is 1. The molecule has 0 bridgehead atoms. The van der Waals surface area contributed by atoms with E-state index >= 15 is 0 Å². The van der Waals surface area contributed by atoms with Crippen LogP contribution in [-0.2, 0) is 28.5 Å². The van der Waals surface area contributed by atoms with Crippen molar-refractivity contribution in [1.29, 1.82) is 0 Å². The van der Waals surface area contributed by atoms with Gasteiger partial charge in [-0.2, -0.15) is 0 Å². The molecule has 7 nitrogen and oxygen atoms in total. The molecule has 0 aromatic rings. The zero-order valence-corrected chi connectivity index (χ0v) is 13.8. The average molecular weight is 332 g/mol. The number of rotatable bonds is 17. The molecule has 0 atom stereocenters. The summed E-state index contributed by atoms with van der Waals surface area (Å²) in [7, 11) is 0. The Labute approximate surface area is 137 Å². The van der Waals surface area contributed by atoms with E-state index in [0.29, 0.717) is 71.5 Å². The van der Waals surface area contributed by atoms with E-state index in [-0.39, 0.29) is 0 Å². The smallest absolute Gasteiger partial charge is 0.330 e. The van der Waals surface area contributed by atoms with E-state index in [2.05, 4.69) is 6.58 Å². The number of carboxylic acids is 1. The lowest BCUT2D eigenvalue weighted by Gasteiger charge is -2.07. The summed E-state index contributed by atoms with van der Waals surface area (Å²) in [6.07, 6.45) is 3.61. The van der Waals surface area contributed by atoms with Gasteiger partial charge >= 0.3 is 5.97 Å². The van der Waals surface area contributed by atoms with Gasteiger partial charge in [-0.05, 0) is 13.3 Å². The van der Waals surface area contributed by atoms with Crippen LogP contribution in [0.1, 0.15) is 13.3 Å². The van der Waals surface area contributed by atoms with Crippen molar-refractivity contribution in [2.75, 3.05) is 59.5 Å². The third-order valence-electron chi connectivity index (χ3n) is 2.63. The molecule has 0 aromatic heterocycles. The summed E-state index contributed by atoms with van der Waals surface area (Å²) in [5, 5.41) is 8.65. The number of hydrogen-bond acceptors (Lipinski definition) is 6. The van der Waals surface area contributed by atoms with Crippen molar-refractivity contribution in [3.05, 3.63) is 24.5 Å². The van der Waals surface area contributed by atoms with Gasteiger partial charge in [0.25, 0.3) is 0 Å². The maximum atomic E-state index is 10.5. The monoisotopic (exact) mass is 332 g/mol. The molecule has 0 aliphatic carbocycles. The van der Waals surface area contributed by atoms with Gasteiger partial charge in [0.05, 0.1) is 59.1 Å². The molecule has 0 radical (unpaired) electrons. The Bertz CT molecular complexity index is 328. The quantitative estimate of drug-likeness (QED) is 0.246. The van der Waals surface area contributed by atoms with Gasteiger partial charge in [0.2, 0.25) is 0 Å². The molecule has 23 heavy (non-hydrogen) atoms. The van der Waals surface area contributed by atoms with Gasteiger partial charge < -0.3 is 28.8 Å². The zero-order valence-electron chi connectivity index (χ0n) is 13.8. The Morgan fingerprint density at radius 1 is 0.870 bits per heavy atom. The lowest BCUT2D eigenvalue weighted by atomic mass is 10.2. The fourth-order valence-corrected chi connectivity index (χ4v) is 1.40. The minimum atomic E-state index is -0.899. The third kappa shape index (κ3) is 16.8. The molecule has 0 aliphatic heterocycles. The Morgan fingerprint density at radius 3 is 1.74 bits per heavy atom. The van der Waals surface area contributed by atoms with Crippen molar-refractivity contribution in [2.24, 2.45) is 0 Å². The molecule has 7 heteroatoms. The summed E-state index contributed by atoms with van der Waals surface area (Å²) in [5.41, 5.74) is 0.333. The van der Waals surface area contributed by atoms with Crippen molar-refractivity contribution in [1.82, 2.24) is 0 Å². The fraction of sp³-hybridized carbons (Fsp3) is 0.688. The zero-order chi connectivity index (χ0) is 17.2. The van der Waals surface area contributed by atoms with Crippen molar-refractivity contribution in [3.63, 3.8) is 0 Å². The SMILES string of the molecule is C=COCCOCCOCCOCCOCCC=C(C)C(=O)O. The highest BCUT2D eigenvalue weighted by molar-refractivity contribution is 5.85. The molecule has 0 aliphatic rings. The summed E-state index contributed by atoms with van der Waals surface area (Å²) in [5.74, 6) is -0.899. The molecule has 0 aromatic carbocycles. The summed E-state index contributed by atoms with van der Waals surface area (Å²) >= 11 is 0. The predicted molar refractivity (Wildman–Crippen MR) is 85.4 cm³/mol. The van der Waals surface area contributed by atoms with Gasteiger partial charge in [0, 0.05) is 5.57 Å². The third-order valence-corrected chi connectivity index (χ3v) is 2.63. The first-order valence-electron chi connectivity index (χ1n) is 7.62. The fourth-order valence-electron chi connectivity index (χ4n) is 1.40. The molecule has 0 saturated heterocycles. The molecule has 0 fully saturated rings. The van der Waals surface area contributed by atoms with Crippen molar-refractivity contribution >= 4 is 5.97 Å². The number of ether oxygens (including phenoxy) is 5. The first kappa shape index (κ1) is 21.6. The van der Waals surface area contributed by atoms with Crippen LogP contribution in [0.3, 0.4) is 0 Å². The van der Waals surface area contributed by atoms with E-state index in [4.69, 9.17) is 28.8 Å². The van der Waals surface area contributed by atoms with E-state index in [0.717, 1.165) is 0 Å². The molecular weight excluding hydrogens is 304 g/mol. The average Bonchev–Trinajstić information content (AvgIpc) is 2.54. The minimum Gasteiger partial charge on any atom is -0.499 e. The molecule has 0 rings (SSSR count). The second-order valence-electron chi connectivity index (χ2n) is 4.47. The largest absolute Gasteiger partial charge is 0.499 e. The second-order valence-corrected chi connectivity index (χ2v) is 4.47. The normalized spacial score (nSPS) is 11.4. The van der Waals surface area contributed by atoms with Crippen LogP contribution < -0.4 is 0 Å². The number of aliphatic carboxylic acids is 1. The molecular formula is C16H28O7. The van der Waals surface area contributed by atoms with Gasteiger partial charge in [0.1, 0.15) is 6.61 Å². The van der Waals surface area contributed by atoms with E-state index in [1.54, 1.807) is 13.0 Å². The van der Waals surface area contributed by atoms with Gasteiger partial charge in [-0.1, -0.05) is 12.7 Å². The van der Waals surface area contributed by atoms with Gasteiger partial charge in [-0.3, -0.25) is 0 Å². The molecule has 134 valence electrons. The summed E-state index contributed by atoms with van der Waals surface area (Å²) in [4.78, 5) is 10.5. The topological polar surface area (TPSA) is 83.5 Å². The first-order valence-corrected chi connectivity index (χ1v) is 7.62. The lowest BCUT2D eigenvalue weighted by Crippen LogP contribution is -2.13.